The zero-order valence-corrected chi connectivity index (χ0v) is 16.7. The second-order valence-corrected chi connectivity index (χ2v) is 7.32. The largest absolute Gasteiger partial charge is 0.231 e. The van der Waals surface area contributed by atoms with Crippen LogP contribution in [-0.4, -0.2) is 12.7 Å². The first-order chi connectivity index (χ1) is 12.1. The van der Waals surface area contributed by atoms with Gasteiger partial charge in [0.15, 0.2) is 0 Å². The van der Waals surface area contributed by atoms with Crippen LogP contribution >= 0.6 is 0 Å². The molecular formula is C20H32F2O4. The molecule has 0 bridgehead atoms. The van der Waals surface area contributed by atoms with Gasteiger partial charge in [0, 0.05) is 12.8 Å². The highest BCUT2D eigenvalue weighted by Gasteiger charge is 2.34. The van der Waals surface area contributed by atoms with E-state index in [1.165, 1.54) is 0 Å². The fraction of sp³-hybridized carbons (Fsp3) is 0.700. The molecular weight excluding hydrogens is 342 g/mol. The summed E-state index contributed by atoms with van der Waals surface area (Å²) in [7, 11) is 0. The molecule has 2 atom stereocenters. The summed E-state index contributed by atoms with van der Waals surface area (Å²) in [6.07, 6.45) is -1.14. The van der Waals surface area contributed by atoms with Crippen molar-refractivity contribution >= 4 is 0 Å². The molecule has 1 rings (SSSR count). The minimum Gasteiger partial charge on any atom is -0.223 e. The van der Waals surface area contributed by atoms with Crippen molar-refractivity contribution in [3.63, 3.8) is 0 Å². The zero-order valence-electron chi connectivity index (χ0n) is 16.7. The van der Waals surface area contributed by atoms with E-state index in [9.17, 15) is 8.78 Å². The first-order valence-electron chi connectivity index (χ1n) is 9.21. The molecule has 0 aliphatic carbocycles. The molecule has 4 nitrogen and oxygen atoms in total. The van der Waals surface area contributed by atoms with Crippen LogP contribution in [0.25, 0.3) is 0 Å². The zero-order chi connectivity index (χ0) is 19.8. The molecule has 0 fully saturated rings. The van der Waals surface area contributed by atoms with Crippen LogP contribution < -0.4 is 0 Å². The molecule has 6 heteroatoms. The highest BCUT2D eigenvalue weighted by molar-refractivity contribution is 5.35. The Balaban J connectivity index is 2.93. The van der Waals surface area contributed by atoms with E-state index in [1.807, 2.05) is 38.1 Å². The van der Waals surface area contributed by atoms with Crippen molar-refractivity contribution in [1.82, 2.24) is 0 Å². The Morgan fingerprint density at radius 2 is 1.12 bits per heavy atom. The quantitative estimate of drug-likeness (QED) is 0.320. The summed E-state index contributed by atoms with van der Waals surface area (Å²) in [5.41, 5.74) is -0.395. The Morgan fingerprint density at radius 1 is 0.769 bits per heavy atom. The predicted molar refractivity (Wildman–Crippen MR) is 96.4 cm³/mol. The summed E-state index contributed by atoms with van der Waals surface area (Å²) in [5.74, 6) is 0. The number of benzene rings is 1. The van der Waals surface area contributed by atoms with Gasteiger partial charge in [-0.2, -0.15) is 9.78 Å². The van der Waals surface area contributed by atoms with E-state index in [2.05, 4.69) is 0 Å². The first-order valence-corrected chi connectivity index (χ1v) is 9.21. The number of halogens is 2. The van der Waals surface area contributed by atoms with Crippen LogP contribution in [-0.2, 0) is 30.8 Å². The molecule has 0 aliphatic rings. The van der Waals surface area contributed by atoms with Crippen LogP contribution in [0.1, 0.15) is 78.4 Å². The molecule has 0 radical (unpaired) electrons. The van der Waals surface area contributed by atoms with Crippen molar-refractivity contribution in [1.29, 1.82) is 0 Å². The molecule has 0 heterocycles. The predicted octanol–water partition coefficient (Wildman–Crippen LogP) is 6.24. The smallest absolute Gasteiger partial charge is 0.223 e. The highest BCUT2D eigenvalue weighted by Crippen LogP contribution is 2.36. The maximum Gasteiger partial charge on any atom is 0.231 e. The number of rotatable bonds is 12. The normalized spacial score (nSPS) is 15.1. The fourth-order valence-electron chi connectivity index (χ4n) is 2.52. The Morgan fingerprint density at radius 3 is 1.42 bits per heavy atom. The molecule has 0 saturated heterocycles. The van der Waals surface area contributed by atoms with Gasteiger partial charge in [0.25, 0.3) is 0 Å². The van der Waals surface area contributed by atoms with Crippen molar-refractivity contribution in [2.45, 2.75) is 91.1 Å². The van der Waals surface area contributed by atoms with Crippen molar-refractivity contribution in [3.05, 3.63) is 35.4 Å². The second kappa shape index (κ2) is 10.3. The summed E-state index contributed by atoms with van der Waals surface area (Å²) in [6.45, 7) is 10.8. The number of hydrogen-bond acceptors (Lipinski definition) is 4. The van der Waals surface area contributed by atoms with E-state index in [4.69, 9.17) is 19.6 Å². The Kier molecular flexibility index (Phi) is 9.10. The van der Waals surface area contributed by atoms with Crippen LogP contribution in [0.15, 0.2) is 24.3 Å². The van der Waals surface area contributed by atoms with Gasteiger partial charge in [-0.25, -0.2) is 18.6 Å². The van der Waals surface area contributed by atoms with Gasteiger partial charge in [0.1, 0.15) is 11.2 Å². The van der Waals surface area contributed by atoms with E-state index in [0.717, 1.165) is 11.1 Å². The molecule has 1 aromatic carbocycles. The molecule has 0 spiro atoms. The minimum absolute atomic E-state index is 0.259. The van der Waals surface area contributed by atoms with Gasteiger partial charge < -0.3 is 0 Å². The van der Waals surface area contributed by atoms with E-state index in [-0.39, 0.29) is 12.8 Å². The Labute approximate surface area is 155 Å². The minimum atomic E-state index is -1.49. The lowest BCUT2D eigenvalue weighted by molar-refractivity contribution is -0.409. The van der Waals surface area contributed by atoms with E-state index in [0.29, 0.717) is 12.8 Å². The molecule has 0 amide bonds. The van der Waals surface area contributed by atoms with Crippen LogP contribution in [0.5, 0.6) is 0 Å². The average molecular weight is 374 g/mol. The van der Waals surface area contributed by atoms with Gasteiger partial charge in [0.05, 0.1) is 0 Å². The van der Waals surface area contributed by atoms with Crippen molar-refractivity contribution in [2.75, 3.05) is 0 Å². The lowest BCUT2D eigenvalue weighted by Gasteiger charge is -2.33. The summed E-state index contributed by atoms with van der Waals surface area (Å²) < 4.78 is 27.3. The van der Waals surface area contributed by atoms with E-state index < -0.39 is 23.9 Å². The lowest BCUT2D eigenvalue weighted by atomic mass is 9.85. The SMILES string of the molecule is CCCC(F)OOC(C)(C)c1ccccc1C(C)(C)OOC(F)CCC. The summed E-state index contributed by atoms with van der Waals surface area (Å²) in [4.78, 5) is 20.6. The Hall–Kier alpha value is -1.08. The van der Waals surface area contributed by atoms with Gasteiger partial charge in [0.2, 0.25) is 12.7 Å². The highest BCUT2D eigenvalue weighted by atomic mass is 19.2. The fourth-order valence-corrected chi connectivity index (χ4v) is 2.52. The van der Waals surface area contributed by atoms with Crippen molar-refractivity contribution < 1.29 is 28.3 Å². The number of hydrogen-bond donors (Lipinski definition) is 0. The van der Waals surface area contributed by atoms with Crippen LogP contribution in [0.3, 0.4) is 0 Å². The van der Waals surface area contributed by atoms with Gasteiger partial charge >= 0.3 is 0 Å². The lowest BCUT2D eigenvalue weighted by Crippen LogP contribution is -2.31. The van der Waals surface area contributed by atoms with Crippen molar-refractivity contribution in [3.8, 4) is 0 Å². The molecule has 0 N–H and O–H groups in total. The topological polar surface area (TPSA) is 36.9 Å². The van der Waals surface area contributed by atoms with Crippen LogP contribution in [0.2, 0.25) is 0 Å². The standard InChI is InChI=1S/C20H32F2O4/c1-7-11-17(21)23-25-19(3,4)15-13-9-10-14-16(15)20(5,6)26-24-18(22)12-8-2/h9-10,13-14,17-18H,7-8,11-12H2,1-6H3. The summed E-state index contributed by atoms with van der Waals surface area (Å²) in [5, 5.41) is 0. The maximum absolute atomic E-state index is 13.6. The van der Waals surface area contributed by atoms with Crippen LogP contribution in [0, 0.1) is 0 Å². The molecule has 0 aromatic heterocycles. The van der Waals surface area contributed by atoms with Gasteiger partial charge in [-0.3, -0.25) is 0 Å². The van der Waals surface area contributed by atoms with Crippen molar-refractivity contribution in [2.24, 2.45) is 0 Å². The molecule has 150 valence electrons. The average Bonchev–Trinajstić information content (AvgIpc) is 2.59. The third kappa shape index (κ3) is 6.91. The second-order valence-electron chi connectivity index (χ2n) is 7.32. The summed E-state index contributed by atoms with van der Waals surface area (Å²) in [6, 6.07) is 7.37. The molecule has 1 aromatic rings. The molecule has 0 aliphatic heterocycles. The Bertz CT molecular complexity index is 487. The number of alkyl halides is 2. The molecule has 0 saturated carbocycles. The maximum atomic E-state index is 13.6. The van der Waals surface area contributed by atoms with E-state index in [1.54, 1.807) is 27.7 Å². The van der Waals surface area contributed by atoms with Gasteiger partial charge in [-0.05, 0) is 38.8 Å². The monoisotopic (exact) mass is 374 g/mol. The third-order valence-electron chi connectivity index (χ3n) is 3.98. The molecule has 2 unspecified atom stereocenters. The van der Waals surface area contributed by atoms with Crippen LogP contribution in [0.4, 0.5) is 8.78 Å². The van der Waals surface area contributed by atoms with Gasteiger partial charge in [-0.15, -0.1) is 0 Å². The third-order valence-corrected chi connectivity index (χ3v) is 3.98. The summed E-state index contributed by atoms with van der Waals surface area (Å²) >= 11 is 0. The first kappa shape index (κ1) is 23.0. The van der Waals surface area contributed by atoms with Gasteiger partial charge in [-0.1, -0.05) is 51.0 Å². The molecule has 26 heavy (non-hydrogen) atoms. The van der Waals surface area contributed by atoms with E-state index >= 15 is 0 Å².